The molecular formula is C13H26N2O. The lowest BCUT2D eigenvalue weighted by Crippen LogP contribution is -2.55. The van der Waals surface area contributed by atoms with Crippen molar-refractivity contribution in [3.05, 3.63) is 0 Å². The zero-order chi connectivity index (χ0) is 12.3. The fourth-order valence-electron chi connectivity index (χ4n) is 2.57. The SMILES string of the molecule is CNC(C)(C)C(=O)N(C)C1CCCCC1C. The molecule has 1 N–H and O–H groups in total. The van der Waals surface area contributed by atoms with E-state index < -0.39 is 5.54 Å². The summed E-state index contributed by atoms with van der Waals surface area (Å²) in [4.78, 5) is 14.3. The van der Waals surface area contributed by atoms with Crippen LogP contribution < -0.4 is 5.32 Å². The number of nitrogens with one attached hydrogen (secondary N) is 1. The molecule has 2 atom stereocenters. The summed E-state index contributed by atoms with van der Waals surface area (Å²) in [6, 6.07) is 0.425. The Bertz CT molecular complexity index is 250. The van der Waals surface area contributed by atoms with Crippen molar-refractivity contribution in [3.63, 3.8) is 0 Å². The normalized spacial score (nSPS) is 26.6. The second-order valence-electron chi connectivity index (χ2n) is 5.62. The van der Waals surface area contributed by atoms with Gasteiger partial charge in [-0.05, 0) is 39.7 Å². The fourth-order valence-corrected chi connectivity index (χ4v) is 2.57. The van der Waals surface area contributed by atoms with E-state index >= 15 is 0 Å². The van der Waals surface area contributed by atoms with E-state index in [2.05, 4.69) is 12.2 Å². The summed E-state index contributed by atoms with van der Waals surface area (Å²) >= 11 is 0. The van der Waals surface area contributed by atoms with Crippen molar-refractivity contribution >= 4 is 5.91 Å². The van der Waals surface area contributed by atoms with E-state index in [0.717, 1.165) is 6.42 Å². The Morgan fingerprint density at radius 1 is 1.31 bits per heavy atom. The molecule has 1 saturated carbocycles. The molecule has 1 amide bonds. The van der Waals surface area contributed by atoms with Gasteiger partial charge in [-0.2, -0.15) is 0 Å². The van der Waals surface area contributed by atoms with Gasteiger partial charge in [0.25, 0.3) is 0 Å². The molecule has 1 rings (SSSR count). The largest absolute Gasteiger partial charge is 0.341 e. The molecule has 0 aliphatic heterocycles. The number of carbonyl (C=O) groups is 1. The zero-order valence-electron chi connectivity index (χ0n) is 11.3. The molecule has 94 valence electrons. The summed E-state index contributed by atoms with van der Waals surface area (Å²) in [5.74, 6) is 0.837. The van der Waals surface area contributed by atoms with Crippen LogP contribution in [-0.2, 0) is 4.79 Å². The summed E-state index contributed by atoms with van der Waals surface area (Å²) < 4.78 is 0. The summed E-state index contributed by atoms with van der Waals surface area (Å²) in [5, 5.41) is 3.08. The van der Waals surface area contributed by atoms with Crippen LogP contribution in [0.25, 0.3) is 0 Å². The van der Waals surface area contributed by atoms with Crippen molar-refractivity contribution in [2.24, 2.45) is 5.92 Å². The van der Waals surface area contributed by atoms with Crippen molar-refractivity contribution in [2.45, 2.75) is 58.0 Å². The van der Waals surface area contributed by atoms with E-state index in [1.807, 2.05) is 32.8 Å². The van der Waals surface area contributed by atoms with E-state index in [1.165, 1.54) is 19.3 Å². The number of likely N-dealkylation sites (N-methyl/N-ethyl adjacent to an activating group) is 2. The second kappa shape index (κ2) is 5.17. The summed E-state index contributed by atoms with van der Waals surface area (Å²) in [6.45, 7) is 6.15. The van der Waals surface area contributed by atoms with Crippen molar-refractivity contribution in [1.82, 2.24) is 10.2 Å². The first-order valence-electron chi connectivity index (χ1n) is 6.36. The smallest absolute Gasteiger partial charge is 0.242 e. The topological polar surface area (TPSA) is 32.3 Å². The van der Waals surface area contributed by atoms with Crippen LogP contribution in [0.2, 0.25) is 0 Å². The molecule has 2 unspecified atom stereocenters. The average Bonchev–Trinajstić information content (AvgIpc) is 2.27. The van der Waals surface area contributed by atoms with E-state index in [1.54, 1.807) is 0 Å². The predicted octanol–water partition coefficient (Wildman–Crippen LogP) is 2.02. The molecule has 1 aliphatic carbocycles. The molecule has 0 aromatic carbocycles. The van der Waals surface area contributed by atoms with E-state index in [4.69, 9.17) is 0 Å². The van der Waals surface area contributed by atoms with E-state index in [-0.39, 0.29) is 5.91 Å². The molecule has 0 aromatic rings. The van der Waals surface area contributed by atoms with Gasteiger partial charge < -0.3 is 10.2 Å². The second-order valence-corrected chi connectivity index (χ2v) is 5.62. The van der Waals surface area contributed by atoms with Gasteiger partial charge in [0.05, 0.1) is 5.54 Å². The van der Waals surface area contributed by atoms with Crippen molar-refractivity contribution in [3.8, 4) is 0 Å². The molecule has 0 spiro atoms. The Labute approximate surface area is 99.6 Å². The molecule has 3 nitrogen and oxygen atoms in total. The standard InChI is InChI=1S/C13H26N2O/c1-10-8-6-7-9-11(10)15(5)12(16)13(2,3)14-4/h10-11,14H,6-9H2,1-5H3. The van der Waals surface area contributed by atoms with Crippen LogP contribution in [0.3, 0.4) is 0 Å². The van der Waals surface area contributed by atoms with Crippen LogP contribution in [0.4, 0.5) is 0 Å². The Morgan fingerprint density at radius 3 is 2.38 bits per heavy atom. The van der Waals surface area contributed by atoms with Gasteiger partial charge in [0, 0.05) is 13.1 Å². The van der Waals surface area contributed by atoms with Crippen molar-refractivity contribution in [2.75, 3.05) is 14.1 Å². The van der Waals surface area contributed by atoms with Crippen molar-refractivity contribution in [1.29, 1.82) is 0 Å². The van der Waals surface area contributed by atoms with Gasteiger partial charge in [-0.3, -0.25) is 4.79 Å². The molecule has 1 fully saturated rings. The number of amides is 1. The fraction of sp³-hybridized carbons (Fsp3) is 0.923. The molecule has 0 saturated heterocycles. The molecule has 0 radical (unpaired) electrons. The first-order chi connectivity index (χ1) is 7.40. The van der Waals surface area contributed by atoms with Crippen LogP contribution in [-0.4, -0.2) is 36.5 Å². The lowest BCUT2D eigenvalue weighted by Gasteiger charge is -2.39. The quantitative estimate of drug-likeness (QED) is 0.798. The minimum Gasteiger partial charge on any atom is -0.341 e. The van der Waals surface area contributed by atoms with Crippen molar-refractivity contribution < 1.29 is 4.79 Å². The first-order valence-corrected chi connectivity index (χ1v) is 6.36. The molecule has 0 bridgehead atoms. The number of nitrogens with zero attached hydrogens (tertiary/aromatic N) is 1. The Balaban J connectivity index is 2.69. The maximum Gasteiger partial charge on any atom is 0.242 e. The van der Waals surface area contributed by atoms with Gasteiger partial charge in [-0.1, -0.05) is 19.8 Å². The van der Waals surface area contributed by atoms with E-state index in [0.29, 0.717) is 12.0 Å². The lowest BCUT2D eigenvalue weighted by molar-refractivity contribution is -0.139. The maximum absolute atomic E-state index is 12.3. The van der Waals surface area contributed by atoms with Gasteiger partial charge >= 0.3 is 0 Å². The predicted molar refractivity (Wildman–Crippen MR) is 67.3 cm³/mol. The van der Waals surface area contributed by atoms with Gasteiger partial charge in [-0.15, -0.1) is 0 Å². The average molecular weight is 226 g/mol. The van der Waals surface area contributed by atoms with Crippen LogP contribution >= 0.6 is 0 Å². The number of hydrogen-bond donors (Lipinski definition) is 1. The highest BCUT2D eigenvalue weighted by atomic mass is 16.2. The maximum atomic E-state index is 12.3. The van der Waals surface area contributed by atoms with Gasteiger partial charge in [0.2, 0.25) is 5.91 Å². The third-order valence-corrected chi connectivity index (χ3v) is 4.04. The lowest BCUT2D eigenvalue weighted by atomic mass is 9.84. The minimum atomic E-state index is -0.452. The summed E-state index contributed by atoms with van der Waals surface area (Å²) in [6.07, 6.45) is 4.98. The number of carbonyl (C=O) groups excluding carboxylic acids is 1. The molecular weight excluding hydrogens is 200 g/mol. The van der Waals surface area contributed by atoms with E-state index in [9.17, 15) is 4.79 Å². The molecule has 1 aliphatic rings. The highest BCUT2D eigenvalue weighted by Gasteiger charge is 2.34. The van der Waals surface area contributed by atoms with Gasteiger partial charge in [-0.25, -0.2) is 0 Å². The summed E-state index contributed by atoms with van der Waals surface area (Å²) in [5.41, 5.74) is -0.452. The Kier molecular flexibility index (Phi) is 4.36. The van der Waals surface area contributed by atoms with Crippen LogP contribution in [0, 0.1) is 5.92 Å². The molecule has 0 heterocycles. The van der Waals surface area contributed by atoms with Crippen LogP contribution in [0.1, 0.15) is 46.5 Å². The molecule has 3 heteroatoms. The minimum absolute atomic E-state index is 0.203. The van der Waals surface area contributed by atoms with Gasteiger partial charge in [0.1, 0.15) is 0 Å². The van der Waals surface area contributed by atoms with Crippen LogP contribution in [0.15, 0.2) is 0 Å². The van der Waals surface area contributed by atoms with Crippen LogP contribution in [0.5, 0.6) is 0 Å². The Hall–Kier alpha value is -0.570. The number of rotatable bonds is 3. The highest BCUT2D eigenvalue weighted by Crippen LogP contribution is 2.28. The van der Waals surface area contributed by atoms with Gasteiger partial charge in [0.15, 0.2) is 0 Å². The summed E-state index contributed by atoms with van der Waals surface area (Å²) in [7, 11) is 3.80. The monoisotopic (exact) mass is 226 g/mol. The molecule has 0 aromatic heterocycles. The highest BCUT2D eigenvalue weighted by molar-refractivity contribution is 5.85. The zero-order valence-corrected chi connectivity index (χ0v) is 11.3. The number of hydrogen-bond acceptors (Lipinski definition) is 2. The first kappa shape index (κ1) is 13.5. The third kappa shape index (κ3) is 2.76. The third-order valence-electron chi connectivity index (χ3n) is 4.04. The Morgan fingerprint density at radius 2 is 1.88 bits per heavy atom. The molecule has 16 heavy (non-hydrogen) atoms.